The molecule has 0 bridgehead atoms. The Labute approximate surface area is 108 Å². The zero-order valence-corrected chi connectivity index (χ0v) is 12.7. The van der Waals surface area contributed by atoms with E-state index in [9.17, 15) is 0 Å². The maximum absolute atomic E-state index is 2.87. The molecular weight excluding hydrogens is 206 g/mol. The van der Waals surface area contributed by atoms with Gasteiger partial charge in [-0.2, -0.15) is 0 Å². The number of likely N-dealkylation sites (tertiary alicyclic amines) is 1. The fourth-order valence-corrected chi connectivity index (χ4v) is 4.20. The van der Waals surface area contributed by atoms with E-state index in [1.54, 1.807) is 0 Å². The Morgan fingerprint density at radius 2 is 1.47 bits per heavy atom. The highest BCUT2D eigenvalue weighted by Crippen LogP contribution is 2.48. The molecule has 2 fully saturated rings. The predicted octanol–water partition coefficient (Wildman–Crippen LogP) is 4.46. The van der Waals surface area contributed by atoms with Crippen molar-refractivity contribution in [2.24, 2.45) is 11.3 Å². The van der Waals surface area contributed by atoms with E-state index in [1.165, 1.54) is 32.1 Å². The Morgan fingerprint density at radius 3 is 2.00 bits per heavy atom. The molecule has 1 heterocycles. The van der Waals surface area contributed by atoms with Gasteiger partial charge in [0.1, 0.15) is 0 Å². The quantitative estimate of drug-likeness (QED) is 0.601. The molecular formula is C16H31N. The SMILES string of the molecule is CC(C)(C)[C@@H]1C[C@H]2CCCC[C@H]2N1C(C)(C)C. The minimum atomic E-state index is 0.328. The summed E-state index contributed by atoms with van der Waals surface area (Å²) < 4.78 is 0. The summed E-state index contributed by atoms with van der Waals surface area (Å²) in [6.45, 7) is 14.5. The van der Waals surface area contributed by atoms with Crippen LogP contribution in [0.25, 0.3) is 0 Å². The van der Waals surface area contributed by atoms with Crippen molar-refractivity contribution >= 4 is 0 Å². The van der Waals surface area contributed by atoms with Gasteiger partial charge in [-0.1, -0.05) is 33.6 Å². The highest BCUT2D eigenvalue weighted by atomic mass is 15.3. The molecule has 1 saturated heterocycles. The standard InChI is InChI=1S/C16H31N/c1-15(2,3)14-11-12-9-7-8-10-13(12)17(14)16(4,5)6/h12-14H,7-11H2,1-6H3/t12-,13-,14+/m1/s1. The number of nitrogens with zero attached hydrogens (tertiary/aromatic N) is 1. The highest BCUT2D eigenvalue weighted by Gasteiger charge is 2.49. The molecule has 1 aliphatic heterocycles. The van der Waals surface area contributed by atoms with E-state index < -0.39 is 0 Å². The number of rotatable bonds is 0. The van der Waals surface area contributed by atoms with E-state index in [1.807, 2.05) is 0 Å². The Morgan fingerprint density at radius 1 is 0.882 bits per heavy atom. The lowest BCUT2D eigenvalue weighted by Crippen LogP contribution is -2.53. The van der Waals surface area contributed by atoms with Crippen LogP contribution in [0.4, 0.5) is 0 Å². The van der Waals surface area contributed by atoms with Crippen LogP contribution >= 0.6 is 0 Å². The van der Waals surface area contributed by atoms with E-state index in [0.717, 1.165) is 18.0 Å². The fraction of sp³-hybridized carbons (Fsp3) is 1.00. The van der Waals surface area contributed by atoms with Gasteiger partial charge in [0.15, 0.2) is 0 Å². The highest BCUT2D eigenvalue weighted by molar-refractivity contribution is 5.03. The van der Waals surface area contributed by atoms with Crippen LogP contribution in [0.5, 0.6) is 0 Å². The summed E-state index contributed by atoms with van der Waals surface area (Å²) in [6, 6.07) is 1.64. The normalized spacial score (nSPS) is 36.0. The van der Waals surface area contributed by atoms with Gasteiger partial charge in [0.05, 0.1) is 0 Å². The maximum atomic E-state index is 2.87. The van der Waals surface area contributed by atoms with Gasteiger partial charge in [0, 0.05) is 17.6 Å². The molecule has 3 atom stereocenters. The van der Waals surface area contributed by atoms with Gasteiger partial charge in [0.2, 0.25) is 0 Å². The minimum absolute atomic E-state index is 0.328. The van der Waals surface area contributed by atoms with Crippen LogP contribution in [-0.2, 0) is 0 Å². The molecule has 0 radical (unpaired) electrons. The lowest BCUT2D eigenvalue weighted by atomic mass is 9.80. The third-order valence-electron chi connectivity index (χ3n) is 4.86. The van der Waals surface area contributed by atoms with Crippen molar-refractivity contribution in [3.05, 3.63) is 0 Å². The first-order valence-corrected chi connectivity index (χ1v) is 7.50. The van der Waals surface area contributed by atoms with Crippen LogP contribution in [0.3, 0.4) is 0 Å². The Bertz CT molecular complexity index is 268. The minimum Gasteiger partial charge on any atom is -0.292 e. The van der Waals surface area contributed by atoms with Gasteiger partial charge in [0.25, 0.3) is 0 Å². The first-order valence-electron chi connectivity index (χ1n) is 7.50. The maximum Gasteiger partial charge on any atom is 0.0155 e. The Kier molecular flexibility index (Phi) is 3.36. The van der Waals surface area contributed by atoms with E-state index in [-0.39, 0.29) is 0 Å². The summed E-state index contributed by atoms with van der Waals surface area (Å²) in [7, 11) is 0. The number of fused-ring (bicyclic) bond motifs is 1. The van der Waals surface area contributed by atoms with Crippen molar-refractivity contribution in [3.63, 3.8) is 0 Å². The van der Waals surface area contributed by atoms with Gasteiger partial charge in [-0.15, -0.1) is 0 Å². The second-order valence-electron chi connectivity index (χ2n) is 8.31. The van der Waals surface area contributed by atoms with Crippen molar-refractivity contribution in [3.8, 4) is 0 Å². The van der Waals surface area contributed by atoms with Gasteiger partial charge in [-0.25, -0.2) is 0 Å². The van der Waals surface area contributed by atoms with Crippen LogP contribution in [0.1, 0.15) is 73.6 Å². The number of hydrogen-bond acceptors (Lipinski definition) is 1. The summed E-state index contributed by atoms with van der Waals surface area (Å²) in [6.07, 6.45) is 7.27. The van der Waals surface area contributed by atoms with Crippen molar-refractivity contribution in [2.45, 2.75) is 91.3 Å². The zero-order valence-electron chi connectivity index (χ0n) is 12.7. The molecule has 0 aromatic carbocycles. The average Bonchev–Trinajstić information content (AvgIpc) is 2.54. The first kappa shape index (κ1) is 13.4. The van der Waals surface area contributed by atoms with E-state index >= 15 is 0 Å². The fourth-order valence-electron chi connectivity index (χ4n) is 4.20. The van der Waals surface area contributed by atoms with Crippen LogP contribution in [0, 0.1) is 11.3 Å². The largest absolute Gasteiger partial charge is 0.292 e. The second-order valence-corrected chi connectivity index (χ2v) is 8.31. The summed E-state index contributed by atoms with van der Waals surface area (Å²) in [5, 5.41) is 0. The van der Waals surface area contributed by atoms with Gasteiger partial charge in [-0.05, 0) is 51.4 Å². The molecule has 0 amide bonds. The van der Waals surface area contributed by atoms with Crippen LogP contribution in [0.15, 0.2) is 0 Å². The molecule has 100 valence electrons. The van der Waals surface area contributed by atoms with E-state index in [4.69, 9.17) is 0 Å². The molecule has 1 nitrogen and oxygen atoms in total. The summed E-state index contributed by atoms with van der Waals surface area (Å²) in [5.74, 6) is 0.979. The molecule has 0 spiro atoms. The van der Waals surface area contributed by atoms with E-state index in [0.29, 0.717) is 11.0 Å². The molecule has 1 aliphatic carbocycles. The predicted molar refractivity (Wildman–Crippen MR) is 75.2 cm³/mol. The summed E-state index contributed by atoms with van der Waals surface area (Å²) >= 11 is 0. The first-order chi connectivity index (χ1) is 7.71. The lowest BCUT2D eigenvalue weighted by Gasteiger charge is -2.47. The summed E-state index contributed by atoms with van der Waals surface area (Å²) in [5.41, 5.74) is 0.749. The van der Waals surface area contributed by atoms with Gasteiger partial charge >= 0.3 is 0 Å². The molecule has 0 aromatic heterocycles. The van der Waals surface area contributed by atoms with Gasteiger partial charge in [-0.3, -0.25) is 4.90 Å². The number of hydrogen-bond donors (Lipinski definition) is 0. The van der Waals surface area contributed by atoms with Gasteiger partial charge < -0.3 is 0 Å². The Balaban J connectivity index is 2.27. The zero-order chi connectivity index (χ0) is 12.8. The van der Waals surface area contributed by atoms with Crippen molar-refractivity contribution in [1.29, 1.82) is 0 Å². The lowest BCUT2D eigenvalue weighted by molar-refractivity contribution is 0.0140. The molecule has 2 aliphatic rings. The Hall–Kier alpha value is -0.0400. The van der Waals surface area contributed by atoms with E-state index in [2.05, 4.69) is 46.4 Å². The molecule has 2 rings (SSSR count). The van der Waals surface area contributed by atoms with Crippen LogP contribution in [-0.4, -0.2) is 22.5 Å². The molecule has 0 N–H and O–H groups in total. The average molecular weight is 237 g/mol. The van der Waals surface area contributed by atoms with Crippen LogP contribution in [0.2, 0.25) is 0 Å². The van der Waals surface area contributed by atoms with Crippen molar-refractivity contribution in [1.82, 2.24) is 4.90 Å². The topological polar surface area (TPSA) is 3.24 Å². The van der Waals surface area contributed by atoms with Crippen molar-refractivity contribution < 1.29 is 0 Å². The van der Waals surface area contributed by atoms with Crippen molar-refractivity contribution in [2.75, 3.05) is 0 Å². The monoisotopic (exact) mass is 237 g/mol. The third-order valence-corrected chi connectivity index (χ3v) is 4.86. The third kappa shape index (κ3) is 2.54. The van der Waals surface area contributed by atoms with Crippen LogP contribution < -0.4 is 0 Å². The molecule has 0 unspecified atom stereocenters. The molecule has 17 heavy (non-hydrogen) atoms. The molecule has 1 saturated carbocycles. The molecule has 1 heteroatoms. The molecule has 0 aromatic rings. The second kappa shape index (κ2) is 4.26. The summed E-state index contributed by atoms with van der Waals surface area (Å²) in [4.78, 5) is 2.87. The smallest absolute Gasteiger partial charge is 0.0155 e.